The molecule has 0 bridgehead atoms. The van der Waals surface area contributed by atoms with Crippen LogP contribution >= 0.6 is 0 Å². The second-order valence-corrected chi connectivity index (χ2v) is 7.28. The van der Waals surface area contributed by atoms with E-state index in [1.165, 1.54) is 7.11 Å². The van der Waals surface area contributed by atoms with Crippen molar-refractivity contribution in [1.29, 1.82) is 0 Å². The van der Waals surface area contributed by atoms with Gasteiger partial charge in [-0.2, -0.15) is 0 Å². The summed E-state index contributed by atoms with van der Waals surface area (Å²) in [6.07, 6.45) is 2.15. The molecule has 0 radical (unpaired) electrons. The number of carbonyl (C=O) groups is 2. The van der Waals surface area contributed by atoms with Crippen molar-refractivity contribution in [3.8, 4) is 0 Å². The van der Waals surface area contributed by atoms with Crippen molar-refractivity contribution >= 4 is 11.8 Å². The van der Waals surface area contributed by atoms with Crippen LogP contribution in [0.25, 0.3) is 0 Å². The van der Waals surface area contributed by atoms with Gasteiger partial charge >= 0.3 is 5.97 Å². The Morgan fingerprint density at radius 1 is 1.12 bits per heavy atom. The summed E-state index contributed by atoms with van der Waals surface area (Å²) in [5.41, 5.74) is -0.115. The highest BCUT2D eigenvalue weighted by Gasteiger charge is 2.50. The van der Waals surface area contributed by atoms with E-state index >= 15 is 0 Å². The highest BCUT2D eigenvalue weighted by Crippen LogP contribution is 2.41. The molecule has 0 saturated heterocycles. The zero-order valence-corrected chi connectivity index (χ0v) is 15.9. The maximum absolute atomic E-state index is 13.1. The molecule has 0 heterocycles. The first-order valence-electron chi connectivity index (χ1n) is 9.38. The molecular formula is C21H30O5. The van der Waals surface area contributed by atoms with Crippen LogP contribution in [0.3, 0.4) is 0 Å². The molecule has 1 aliphatic carbocycles. The summed E-state index contributed by atoms with van der Waals surface area (Å²) in [5.74, 6) is -1.40. The van der Waals surface area contributed by atoms with Crippen LogP contribution < -0.4 is 0 Å². The average molecular weight is 362 g/mol. The molecule has 5 nitrogen and oxygen atoms in total. The summed E-state index contributed by atoms with van der Waals surface area (Å²) in [6, 6.07) is 9.67. The molecule has 0 unspecified atom stereocenters. The number of hydrogen-bond acceptors (Lipinski definition) is 5. The summed E-state index contributed by atoms with van der Waals surface area (Å²) in [5, 5.41) is 10.6. The van der Waals surface area contributed by atoms with E-state index in [1.54, 1.807) is 13.8 Å². The van der Waals surface area contributed by atoms with Crippen molar-refractivity contribution in [2.24, 2.45) is 11.3 Å². The number of aliphatic hydroxyl groups is 1. The molecular weight excluding hydrogens is 332 g/mol. The van der Waals surface area contributed by atoms with Gasteiger partial charge in [0.25, 0.3) is 0 Å². The molecule has 144 valence electrons. The van der Waals surface area contributed by atoms with Crippen LogP contribution in [0, 0.1) is 11.3 Å². The molecule has 0 aromatic heterocycles. The Hall–Kier alpha value is -1.72. The van der Waals surface area contributed by atoms with Crippen molar-refractivity contribution in [3.05, 3.63) is 35.9 Å². The van der Waals surface area contributed by atoms with Crippen LogP contribution in [-0.2, 0) is 25.7 Å². The molecule has 0 aliphatic heterocycles. The number of carbonyl (C=O) groups excluding carboxylic acids is 2. The van der Waals surface area contributed by atoms with Crippen LogP contribution in [0.4, 0.5) is 0 Å². The number of ketones is 1. The van der Waals surface area contributed by atoms with Crippen molar-refractivity contribution in [3.63, 3.8) is 0 Å². The lowest BCUT2D eigenvalue weighted by atomic mass is 9.67. The third-order valence-electron chi connectivity index (χ3n) is 5.52. The minimum Gasteiger partial charge on any atom is -0.468 e. The smallest absolute Gasteiger partial charge is 0.319 e. The Kier molecular flexibility index (Phi) is 7.35. The number of ether oxygens (including phenoxy) is 2. The van der Waals surface area contributed by atoms with Gasteiger partial charge in [-0.15, -0.1) is 0 Å². The Bertz CT molecular complexity index is 592. The number of rotatable bonds is 8. The summed E-state index contributed by atoms with van der Waals surface area (Å²) >= 11 is 0. The van der Waals surface area contributed by atoms with Gasteiger partial charge < -0.3 is 14.6 Å². The van der Waals surface area contributed by atoms with E-state index in [-0.39, 0.29) is 5.78 Å². The lowest BCUT2D eigenvalue weighted by Crippen LogP contribution is -2.49. The molecule has 0 amide bonds. The van der Waals surface area contributed by atoms with Crippen molar-refractivity contribution in [2.75, 3.05) is 7.11 Å². The predicted molar refractivity (Wildman–Crippen MR) is 98.4 cm³/mol. The maximum atomic E-state index is 13.1. The second-order valence-electron chi connectivity index (χ2n) is 7.28. The van der Waals surface area contributed by atoms with E-state index in [1.807, 2.05) is 30.3 Å². The number of aliphatic hydroxyl groups excluding tert-OH is 1. The Morgan fingerprint density at radius 2 is 1.73 bits per heavy atom. The Morgan fingerprint density at radius 3 is 2.31 bits per heavy atom. The number of esters is 1. The van der Waals surface area contributed by atoms with Crippen LogP contribution in [0.1, 0.15) is 51.5 Å². The van der Waals surface area contributed by atoms with E-state index in [0.29, 0.717) is 19.4 Å². The fourth-order valence-corrected chi connectivity index (χ4v) is 3.80. The van der Waals surface area contributed by atoms with E-state index in [2.05, 4.69) is 0 Å². The fraction of sp³-hybridized carbons (Fsp3) is 0.619. The maximum Gasteiger partial charge on any atom is 0.319 e. The quantitative estimate of drug-likeness (QED) is 0.567. The molecule has 0 spiro atoms. The normalized spacial score (nSPS) is 20.0. The topological polar surface area (TPSA) is 72.8 Å². The molecule has 1 N–H and O–H groups in total. The number of Topliss-reactive ketones (excluding diaryl/α,β-unsaturated/α-hetero) is 1. The second kappa shape index (κ2) is 9.28. The van der Waals surface area contributed by atoms with E-state index in [0.717, 1.165) is 24.8 Å². The zero-order chi connectivity index (χ0) is 19.2. The van der Waals surface area contributed by atoms with Gasteiger partial charge in [-0.3, -0.25) is 9.59 Å². The highest BCUT2D eigenvalue weighted by atomic mass is 16.5. The van der Waals surface area contributed by atoms with Gasteiger partial charge in [0, 0.05) is 5.92 Å². The standard InChI is InChI=1S/C21H30O5/c1-15(18(22)16(2)26-14-17-10-6-4-7-11-17)19(23)21(20(24)25-3)12-8-5-9-13-21/h4,6-7,10-11,15-16,18,22H,5,8-9,12-14H2,1-3H3/t15-,16+,18-/m1/s1. The minimum absolute atomic E-state index is 0.230. The first-order chi connectivity index (χ1) is 12.4. The molecule has 2 rings (SSSR count). The number of hydrogen-bond donors (Lipinski definition) is 1. The van der Waals surface area contributed by atoms with Crippen molar-refractivity contribution in [1.82, 2.24) is 0 Å². The molecule has 26 heavy (non-hydrogen) atoms. The summed E-state index contributed by atoms with van der Waals surface area (Å²) in [6.45, 7) is 3.79. The molecule has 1 saturated carbocycles. The molecule has 1 aromatic carbocycles. The Labute approximate surface area is 155 Å². The third kappa shape index (κ3) is 4.51. The van der Waals surface area contributed by atoms with Crippen molar-refractivity contribution in [2.45, 2.75) is 64.8 Å². The van der Waals surface area contributed by atoms with Gasteiger partial charge in [0.1, 0.15) is 5.41 Å². The van der Waals surface area contributed by atoms with Gasteiger partial charge in [0.15, 0.2) is 5.78 Å². The van der Waals surface area contributed by atoms with Crippen LogP contribution in [0.15, 0.2) is 30.3 Å². The highest BCUT2D eigenvalue weighted by molar-refractivity contribution is 6.05. The molecule has 1 aliphatic rings. The predicted octanol–water partition coefficient (Wildman–Crippen LogP) is 3.28. The number of benzene rings is 1. The monoisotopic (exact) mass is 362 g/mol. The van der Waals surface area contributed by atoms with Crippen LogP contribution in [0.5, 0.6) is 0 Å². The van der Waals surface area contributed by atoms with Gasteiger partial charge in [0.05, 0.1) is 25.9 Å². The largest absolute Gasteiger partial charge is 0.468 e. The van der Waals surface area contributed by atoms with E-state index < -0.39 is 29.5 Å². The van der Waals surface area contributed by atoms with Crippen LogP contribution in [0.2, 0.25) is 0 Å². The van der Waals surface area contributed by atoms with Gasteiger partial charge in [-0.05, 0) is 25.3 Å². The lowest BCUT2D eigenvalue weighted by Gasteiger charge is -2.36. The minimum atomic E-state index is -1.12. The molecule has 1 fully saturated rings. The number of methoxy groups -OCH3 is 1. The summed E-state index contributed by atoms with van der Waals surface area (Å²) in [7, 11) is 1.32. The summed E-state index contributed by atoms with van der Waals surface area (Å²) in [4.78, 5) is 25.5. The molecule has 5 heteroatoms. The average Bonchev–Trinajstić information content (AvgIpc) is 2.70. The van der Waals surface area contributed by atoms with Gasteiger partial charge in [0.2, 0.25) is 0 Å². The van der Waals surface area contributed by atoms with Gasteiger partial charge in [-0.25, -0.2) is 0 Å². The fourth-order valence-electron chi connectivity index (χ4n) is 3.80. The van der Waals surface area contributed by atoms with Crippen molar-refractivity contribution < 1.29 is 24.2 Å². The van der Waals surface area contributed by atoms with Gasteiger partial charge in [-0.1, -0.05) is 56.5 Å². The van der Waals surface area contributed by atoms with Crippen LogP contribution in [-0.4, -0.2) is 36.2 Å². The third-order valence-corrected chi connectivity index (χ3v) is 5.52. The summed E-state index contributed by atoms with van der Waals surface area (Å²) < 4.78 is 10.7. The molecule has 1 aromatic rings. The van der Waals surface area contributed by atoms with E-state index in [4.69, 9.17) is 9.47 Å². The zero-order valence-electron chi connectivity index (χ0n) is 15.9. The SMILES string of the molecule is COC(=O)C1(C(=O)[C@H](C)[C@@H](O)[C@H](C)OCc2ccccc2)CCCCC1. The molecule has 3 atom stereocenters. The van der Waals surface area contributed by atoms with E-state index in [9.17, 15) is 14.7 Å². The first-order valence-corrected chi connectivity index (χ1v) is 9.38. The lowest BCUT2D eigenvalue weighted by molar-refractivity contribution is -0.164. The first kappa shape index (κ1) is 20.6. The Balaban J connectivity index is 2.03.